The lowest BCUT2D eigenvalue weighted by atomic mass is 9.49. The molecule has 4 fully saturated rings. The Morgan fingerprint density at radius 3 is 2.24 bits per heavy atom. The standard InChI is InChI=1S/C24H34N2O3/c1-17-3-5-21(6-4-17)29-10-9-26(2)22(27)7-8-25-23(28)24-14-18-11-19(15-24)13-20(12-18)16-24/h3-6,18-20H,7-16H2,1-2H3,(H,25,28). The average molecular weight is 399 g/mol. The van der Waals surface area contributed by atoms with E-state index in [4.69, 9.17) is 4.74 Å². The minimum Gasteiger partial charge on any atom is -0.492 e. The third-order valence-corrected chi connectivity index (χ3v) is 7.29. The molecule has 1 aromatic rings. The van der Waals surface area contributed by atoms with Crippen LogP contribution in [0.25, 0.3) is 0 Å². The number of aryl methyl sites for hydroxylation is 1. The van der Waals surface area contributed by atoms with E-state index in [-0.39, 0.29) is 17.2 Å². The van der Waals surface area contributed by atoms with Gasteiger partial charge in [0.1, 0.15) is 12.4 Å². The van der Waals surface area contributed by atoms with E-state index in [1.807, 2.05) is 31.2 Å². The van der Waals surface area contributed by atoms with Crippen molar-refractivity contribution < 1.29 is 14.3 Å². The third-order valence-electron chi connectivity index (χ3n) is 7.29. The normalized spacial score (nSPS) is 29.5. The second kappa shape index (κ2) is 8.37. The molecule has 0 unspecified atom stereocenters. The molecule has 1 aromatic carbocycles. The molecule has 0 saturated heterocycles. The minimum atomic E-state index is -0.133. The van der Waals surface area contributed by atoms with Crippen molar-refractivity contribution in [3.05, 3.63) is 29.8 Å². The molecular weight excluding hydrogens is 364 g/mol. The molecule has 2 amide bonds. The predicted molar refractivity (Wildman–Crippen MR) is 113 cm³/mol. The number of ether oxygens (including phenoxy) is 1. The van der Waals surface area contributed by atoms with Gasteiger partial charge in [0.05, 0.1) is 6.54 Å². The van der Waals surface area contributed by atoms with Gasteiger partial charge < -0.3 is 15.0 Å². The summed E-state index contributed by atoms with van der Waals surface area (Å²) in [6.45, 7) is 3.47. The zero-order chi connectivity index (χ0) is 20.4. The van der Waals surface area contributed by atoms with Gasteiger partial charge in [-0.15, -0.1) is 0 Å². The molecule has 0 heterocycles. The molecule has 0 radical (unpaired) electrons. The molecule has 5 rings (SSSR count). The summed E-state index contributed by atoms with van der Waals surface area (Å²) in [5.74, 6) is 3.34. The van der Waals surface area contributed by atoms with Crippen LogP contribution in [0.15, 0.2) is 24.3 Å². The summed E-state index contributed by atoms with van der Waals surface area (Å²) < 4.78 is 5.70. The molecule has 4 bridgehead atoms. The number of nitrogens with one attached hydrogen (secondary N) is 1. The molecule has 5 heteroatoms. The monoisotopic (exact) mass is 398 g/mol. The lowest BCUT2D eigenvalue weighted by Crippen LogP contribution is -2.53. The van der Waals surface area contributed by atoms with E-state index in [0.29, 0.717) is 26.1 Å². The summed E-state index contributed by atoms with van der Waals surface area (Å²) >= 11 is 0. The third kappa shape index (κ3) is 4.59. The van der Waals surface area contributed by atoms with Gasteiger partial charge in [-0.3, -0.25) is 9.59 Å². The summed E-state index contributed by atoms with van der Waals surface area (Å²) in [7, 11) is 1.79. The van der Waals surface area contributed by atoms with Crippen molar-refractivity contribution >= 4 is 11.8 Å². The number of carbonyl (C=O) groups is 2. The van der Waals surface area contributed by atoms with Crippen LogP contribution in [0, 0.1) is 30.1 Å². The first-order valence-electron chi connectivity index (χ1n) is 11.2. The van der Waals surface area contributed by atoms with Crippen LogP contribution in [-0.2, 0) is 9.59 Å². The first-order valence-corrected chi connectivity index (χ1v) is 11.2. The van der Waals surface area contributed by atoms with Crippen molar-refractivity contribution in [2.75, 3.05) is 26.7 Å². The van der Waals surface area contributed by atoms with Crippen LogP contribution in [0.5, 0.6) is 5.75 Å². The Labute approximate surface area is 174 Å². The van der Waals surface area contributed by atoms with Crippen molar-refractivity contribution in [1.29, 1.82) is 0 Å². The van der Waals surface area contributed by atoms with Crippen LogP contribution in [0.2, 0.25) is 0 Å². The average Bonchev–Trinajstić information content (AvgIpc) is 2.68. The Morgan fingerprint density at radius 2 is 1.66 bits per heavy atom. The van der Waals surface area contributed by atoms with Crippen LogP contribution >= 0.6 is 0 Å². The van der Waals surface area contributed by atoms with E-state index in [1.54, 1.807) is 11.9 Å². The Bertz CT molecular complexity index is 708. The fraction of sp³-hybridized carbons (Fsp3) is 0.667. The van der Waals surface area contributed by atoms with Gasteiger partial charge in [-0.1, -0.05) is 17.7 Å². The summed E-state index contributed by atoms with van der Waals surface area (Å²) in [6, 6.07) is 7.90. The molecular formula is C24H34N2O3. The largest absolute Gasteiger partial charge is 0.492 e. The molecule has 4 aliphatic carbocycles. The maximum Gasteiger partial charge on any atom is 0.226 e. The van der Waals surface area contributed by atoms with Gasteiger partial charge in [0.2, 0.25) is 11.8 Å². The van der Waals surface area contributed by atoms with Crippen molar-refractivity contribution in [1.82, 2.24) is 10.2 Å². The van der Waals surface area contributed by atoms with Crippen LogP contribution in [0.3, 0.4) is 0 Å². The van der Waals surface area contributed by atoms with Gasteiger partial charge in [0.25, 0.3) is 0 Å². The van der Waals surface area contributed by atoms with Gasteiger partial charge in [-0.2, -0.15) is 0 Å². The maximum atomic E-state index is 12.9. The molecule has 0 aliphatic heterocycles. The highest BCUT2D eigenvalue weighted by molar-refractivity contribution is 5.84. The summed E-state index contributed by atoms with van der Waals surface area (Å²) in [6.07, 6.45) is 7.54. The number of rotatable bonds is 8. The van der Waals surface area contributed by atoms with E-state index in [1.165, 1.54) is 24.8 Å². The maximum absolute atomic E-state index is 12.9. The molecule has 0 spiro atoms. The van der Waals surface area contributed by atoms with E-state index in [9.17, 15) is 9.59 Å². The number of hydrogen-bond donors (Lipinski definition) is 1. The number of carbonyl (C=O) groups excluding carboxylic acids is 2. The number of benzene rings is 1. The van der Waals surface area contributed by atoms with Gasteiger partial charge in [-0.25, -0.2) is 0 Å². The lowest BCUT2D eigenvalue weighted by molar-refractivity contribution is -0.146. The quantitative estimate of drug-likeness (QED) is 0.728. The molecule has 1 N–H and O–H groups in total. The van der Waals surface area contributed by atoms with Gasteiger partial charge in [-0.05, 0) is 75.3 Å². The molecule has 0 aromatic heterocycles. The summed E-state index contributed by atoms with van der Waals surface area (Å²) in [4.78, 5) is 27.0. The van der Waals surface area contributed by atoms with Crippen molar-refractivity contribution in [2.45, 2.75) is 51.9 Å². The SMILES string of the molecule is Cc1ccc(OCCN(C)C(=O)CCNC(=O)C23CC4CC(CC(C4)C2)C3)cc1. The van der Waals surface area contributed by atoms with Crippen molar-refractivity contribution in [3.63, 3.8) is 0 Å². The number of amides is 2. The summed E-state index contributed by atoms with van der Waals surface area (Å²) in [5.41, 5.74) is 1.06. The fourth-order valence-corrected chi connectivity index (χ4v) is 6.11. The second-order valence-corrected chi connectivity index (χ2v) is 9.68. The predicted octanol–water partition coefficient (Wildman–Crippen LogP) is 3.55. The van der Waals surface area contributed by atoms with E-state index < -0.39 is 0 Å². The van der Waals surface area contributed by atoms with Crippen LogP contribution in [0.4, 0.5) is 0 Å². The molecule has 29 heavy (non-hydrogen) atoms. The molecule has 5 nitrogen and oxygen atoms in total. The number of hydrogen-bond acceptors (Lipinski definition) is 3. The number of nitrogens with zero attached hydrogens (tertiary/aromatic N) is 1. The van der Waals surface area contributed by atoms with E-state index >= 15 is 0 Å². The Hall–Kier alpha value is -2.04. The number of likely N-dealkylation sites (N-methyl/N-ethyl adjacent to an activating group) is 1. The lowest BCUT2D eigenvalue weighted by Gasteiger charge is -2.55. The second-order valence-electron chi connectivity index (χ2n) is 9.68. The van der Waals surface area contributed by atoms with Crippen molar-refractivity contribution in [3.8, 4) is 5.75 Å². The van der Waals surface area contributed by atoms with Gasteiger partial charge in [0, 0.05) is 25.4 Å². The minimum absolute atomic E-state index is 0.0447. The Balaban J connectivity index is 1.17. The first kappa shape index (κ1) is 20.2. The topological polar surface area (TPSA) is 58.6 Å². The van der Waals surface area contributed by atoms with Crippen LogP contribution in [-0.4, -0.2) is 43.5 Å². The zero-order valence-corrected chi connectivity index (χ0v) is 17.8. The van der Waals surface area contributed by atoms with Gasteiger partial charge in [0.15, 0.2) is 0 Å². The Morgan fingerprint density at radius 1 is 1.07 bits per heavy atom. The van der Waals surface area contributed by atoms with Gasteiger partial charge >= 0.3 is 0 Å². The molecule has 4 aliphatic rings. The molecule has 0 atom stereocenters. The van der Waals surface area contributed by atoms with Crippen LogP contribution < -0.4 is 10.1 Å². The van der Waals surface area contributed by atoms with E-state index in [0.717, 1.165) is 42.8 Å². The fourth-order valence-electron chi connectivity index (χ4n) is 6.11. The highest BCUT2D eigenvalue weighted by atomic mass is 16.5. The van der Waals surface area contributed by atoms with E-state index in [2.05, 4.69) is 5.32 Å². The first-order chi connectivity index (χ1) is 13.9. The van der Waals surface area contributed by atoms with Crippen molar-refractivity contribution in [2.24, 2.45) is 23.2 Å². The molecule has 4 saturated carbocycles. The highest BCUT2D eigenvalue weighted by Crippen LogP contribution is 2.60. The summed E-state index contributed by atoms with van der Waals surface area (Å²) in [5, 5.41) is 3.09. The smallest absolute Gasteiger partial charge is 0.226 e. The zero-order valence-electron chi connectivity index (χ0n) is 17.8. The Kier molecular flexibility index (Phi) is 5.84. The molecule has 158 valence electrons. The van der Waals surface area contributed by atoms with Crippen LogP contribution in [0.1, 0.15) is 50.5 Å². The highest BCUT2D eigenvalue weighted by Gasteiger charge is 2.54.